The number of aromatic nitrogens is 2. The van der Waals surface area contributed by atoms with Gasteiger partial charge in [-0.3, -0.25) is 9.48 Å². The Morgan fingerprint density at radius 1 is 1.28 bits per heavy atom. The minimum Gasteiger partial charge on any atom is -0.381 e. The fourth-order valence-corrected chi connectivity index (χ4v) is 5.20. The summed E-state index contributed by atoms with van der Waals surface area (Å²) < 4.78 is 33.9. The number of rotatable bonds is 5. The van der Waals surface area contributed by atoms with E-state index in [-0.39, 0.29) is 17.6 Å². The molecule has 1 saturated heterocycles. The van der Waals surface area contributed by atoms with Gasteiger partial charge in [0.15, 0.2) is 0 Å². The van der Waals surface area contributed by atoms with Crippen LogP contribution >= 0.6 is 0 Å². The van der Waals surface area contributed by atoms with Gasteiger partial charge in [-0.15, -0.1) is 0 Å². The topological polar surface area (TPSA) is 90.3 Å². The Balaban J connectivity index is 1.70. The van der Waals surface area contributed by atoms with Crippen molar-refractivity contribution in [1.82, 2.24) is 14.5 Å². The summed E-state index contributed by atoms with van der Waals surface area (Å²) in [6, 6.07) is 0. The first kappa shape index (κ1) is 18.4. The SMILES string of the molecule is Cn1cc(C(=O)NS(=O)(=O)CC2CCCOC2)c(C2CCCCC2)n1. The second-order valence-electron chi connectivity index (χ2n) is 7.23. The first-order valence-electron chi connectivity index (χ1n) is 9.11. The van der Waals surface area contributed by atoms with Gasteiger partial charge in [-0.25, -0.2) is 13.1 Å². The molecule has 0 radical (unpaired) electrons. The van der Waals surface area contributed by atoms with E-state index in [2.05, 4.69) is 9.82 Å². The van der Waals surface area contributed by atoms with Gasteiger partial charge >= 0.3 is 0 Å². The number of hydrogen-bond acceptors (Lipinski definition) is 5. The van der Waals surface area contributed by atoms with Crippen LogP contribution in [0.4, 0.5) is 0 Å². The van der Waals surface area contributed by atoms with E-state index >= 15 is 0 Å². The van der Waals surface area contributed by atoms with Gasteiger partial charge < -0.3 is 4.74 Å². The molecule has 0 spiro atoms. The van der Waals surface area contributed by atoms with E-state index in [1.54, 1.807) is 17.9 Å². The van der Waals surface area contributed by atoms with E-state index in [9.17, 15) is 13.2 Å². The van der Waals surface area contributed by atoms with Gasteiger partial charge in [0.25, 0.3) is 5.91 Å². The molecule has 1 amide bonds. The number of carbonyl (C=O) groups is 1. The Labute approximate surface area is 149 Å². The van der Waals surface area contributed by atoms with Crippen LogP contribution < -0.4 is 4.72 Å². The highest BCUT2D eigenvalue weighted by atomic mass is 32.2. The molecule has 2 aliphatic rings. The van der Waals surface area contributed by atoms with Gasteiger partial charge in [0.05, 0.1) is 23.6 Å². The first-order valence-corrected chi connectivity index (χ1v) is 10.8. The highest BCUT2D eigenvalue weighted by Gasteiger charge is 2.28. The van der Waals surface area contributed by atoms with Crippen LogP contribution in [0.25, 0.3) is 0 Å². The number of hydrogen-bond donors (Lipinski definition) is 1. The molecule has 8 heteroatoms. The molecule has 25 heavy (non-hydrogen) atoms. The summed E-state index contributed by atoms with van der Waals surface area (Å²) in [5, 5.41) is 4.44. The van der Waals surface area contributed by atoms with Gasteiger partial charge in [0, 0.05) is 25.8 Å². The Morgan fingerprint density at radius 3 is 2.72 bits per heavy atom. The third-order valence-electron chi connectivity index (χ3n) is 5.05. The predicted octanol–water partition coefficient (Wildman–Crippen LogP) is 1.95. The summed E-state index contributed by atoms with van der Waals surface area (Å²) in [6.07, 6.45) is 8.77. The smallest absolute Gasteiger partial charge is 0.268 e. The summed E-state index contributed by atoms with van der Waals surface area (Å²) in [5.41, 5.74) is 1.12. The van der Waals surface area contributed by atoms with Crippen LogP contribution in [0.1, 0.15) is 66.9 Å². The Hall–Kier alpha value is -1.41. The molecule has 140 valence electrons. The molecular weight excluding hydrogens is 342 g/mol. The second-order valence-corrected chi connectivity index (χ2v) is 9.00. The van der Waals surface area contributed by atoms with Crippen molar-refractivity contribution in [1.29, 1.82) is 0 Å². The van der Waals surface area contributed by atoms with Crippen molar-refractivity contribution in [2.24, 2.45) is 13.0 Å². The first-order chi connectivity index (χ1) is 11.9. The zero-order valence-corrected chi connectivity index (χ0v) is 15.6. The molecule has 1 aliphatic heterocycles. The van der Waals surface area contributed by atoms with Crippen LogP contribution in [0.5, 0.6) is 0 Å². The minimum atomic E-state index is -3.68. The van der Waals surface area contributed by atoms with Crippen LogP contribution in [-0.2, 0) is 21.8 Å². The molecule has 1 aliphatic carbocycles. The summed E-state index contributed by atoms with van der Waals surface area (Å²) >= 11 is 0. The molecule has 3 rings (SSSR count). The lowest BCUT2D eigenvalue weighted by atomic mass is 9.85. The molecule has 7 nitrogen and oxygen atoms in total. The van der Waals surface area contributed by atoms with Gasteiger partial charge in [0.2, 0.25) is 10.0 Å². The molecule has 1 atom stereocenters. The molecule has 2 fully saturated rings. The zero-order valence-electron chi connectivity index (χ0n) is 14.7. The number of sulfonamides is 1. The fraction of sp³-hybridized carbons (Fsp3) is 0.765. The number of nitrogens with one attached hydrogen (secondary N) is 1. The standard InChI is InChI=1S/C17H27N3O4S/c1-20-10-15(16(18-20)14-7-3-2-4-8-14)17(21)19-25(22,23)12-13-6-5-9-24-11-13/h10,13-14H,2-9,11-12H2,1H3,(H,19,21). The highest BCUT2D eigenvalue weighted by molar-refractivity contribution is 7.90. The molecule has 0 aromatic carbocycles. The Bertz CT molecular complexity index is 701. The second kappa shape index (κ2) is 7.86. The van der Waals surface area contributed by atoms with Crippen LogP contribution in [0.3, 0.4) is 0 Å². The normalized spacial score (nSPS) is 22.7. The fourth-order valence-electron chi connectivity index (χ4n) is 3.85. The number of carbonyl (C=O) groups excluding carboxylic acids is 1. The number of ether oxygens (including phenoxy) is 1. The maximum absolute atomic E-state index is 12.6. The number of aryl methyl sites for hydroxylation is 1. The summed E-state index contributed by atoms with van der Waals surface area (Å²) in [7, 11) is -1.92. The maximum atomic E-state index is 12.6. The third kappa shape index (κ3) is 4.82. The monoisotopic (exact) mass is 369 g/mol. The molecule has 1 N–H and O–H groups in total. The van der Waals surface area contributed by atoms with Crippen molar-refractivity contribution in [3.8, 4) is 0 Å². The lowest BCUT2D eigenvalue weighted by Gasteiger charge is -2.22. The van der Waals surface area contributed by atoms with Crippen molar-refractivity contribution in [3.05, 3.63) is 17.5 Å². The molecule has 1 unspecified atom stereocenters. The average molecular weight is 369 g/mol. The van der Waals surface area contributed by atoms with Crippen LogP contribution in [-0.4, -0.2) is 43.1 Å². The molecular formula is C17H27N3O4S. The third-order valence-corrected chi connectivity index (χ3v) is 6.46. The van der Waals surface area contributed by atoms with Crippen molar-refractivity contribution >= 4 is 15.9 Å². The lowest BCUT2D eigenvalue weighted by molar-refractivity contribution is 0.0624. The summed E-state index contributed by atoms with van der Waals surface area (Å²) in [5.74, 6) is -0.445. The molecule has 1 saturated carbocycles. The van der Waals surface area contributed by atoms with E-state index in [0.29, 0.717) is 18.8 Å². The molecule has 0 bridgehead atoms. The Kier molecular flexibility index (Phi) is 5.78. The van der Waals surface area contributed by atoms with Gasteiger partial charge in [-0.05, 0) is 31.6 Å². The summed E-state index contributed by atoms with van der Waals surface area (Å²) in [6.45, 7) is 1.12. The van der Waals surface area contributed by atoms with E-state index in [1.165, 1.54) is 6.42 Å². The lowest BCUT2D eigenvalue weighted by Crippen LogP contribution is -2.37. The molecule has 2 heterocycles. The zero-order chi connectivity index (χ0) is 17.9. The van der Waals surface area contributed by atoms with Crippen LogP contribution in [0.15, 0.2) is 6.20 Å². The average Bonchev–Trinajstić information content (AvgIpc) is 2.98. The number of nitrogens with zero attached hydrogens (tertiary/aromatic N) is 2. The van der Waals surface area contributed by atoms with Crippen molar-refractivity contribution in [2.75, 3.05) is 19.0 Å². The van der Waals surface area contributed by atoms with Crippen molar-refractivity contribution < 1.29 is 17.9 Å². The summed E-state index contributed by atoms with van der Waals surface area (Å²) in [4.78, 5) is 12.6. The number of amides is 1. The van der Waals surface area contributed by atoms with Gasteiger partial charge in [0.1, 0.15) is 0 Å². The van der Waals surface area contributed by atoms with E-state index in [1.807, 2.05) is 0 Å². The van der Waals surface area contributed by atoms with Crippen molar-refractivity contribution in [3.63, 3.8) is 0 Å². The molecule has 1 aromatic heterocycles. The van der Waals surface area contributed by atoms with E-state index in [4.69, 9.17) is 4.74 Å². The van der Waals surface area contributed by atoms with Crippen molar-refractivity contribution in [2.45, 2.75) is 50.9 Å². The van der Waals surface area contributed by atoms with E-state index < -0.39 is 15.9 Å². The maximum Gasteiger partial charge on any atom is 0.268 e. The predicted molar refractivity (Wildman–Crippen MR) is 93.8 cm³/mol. The largest absolute Gasteiger partial charge is 0.381 e. The van der Waals surface area contributed by atoms with Crippen LogP contribution in [0, 0.1) is 5.92 Å². The van der Waals surface area contributed by atoms with E-state index in [0.717, 1.165) is 44.2 Å². The van der Waals surface area contributed by atoms with Gasteiger partial charge in [-0.1, -0.05) is 19.3 Å². The van der Waals surface area contributed by atoms with Crippen LogP contribution in [0.2, 0.25) is 0 Å². The molecule has 1 aromatic rings. The Morgan fingerprint density at radius 2 is 2.04 bits per heavy atom. The van der Waals surface area contributed by atoms with Gasteiger partial charge in [-0.2, -0.15) is 5.10 Å². The highest BCUT2D eigenvalue weighted by Crippen LogP contribution is 2.33. The quantitative estimate of drug-likeness (QED) is 0.857. The minimum absolute atomic E-state index is 0.0502.